The zero-order chi connectivity index (χ0) is 11.3. The van der Waals surface area contributed by atoms with Gasteiger partial charge in [0.05, 0.1) is 15.9 Å². The van der Waals surface area contributed by atoms with Crippen LogP contribution in [-0.4, -0.2) is 11.3 Å². The number of non-ortho nitro benzene ring substituents is 1. The molecule has 1 rings (SSSR count). The van der Waals surface area contributed by atoms with E-state index in [4.69, 9.17) is 0 Å². The Balaban J connectivity index is 2.91. The van der Waals surface area contributed by atoms with Gasteiger partial charge in [0.25, 0.3) is 5.69 Å². The number of nitro groups is 1. The monoisotopic (exact) mass is 210 g/mol. The van der Waals surface area contributed by atoms with Gasteiger partial charge in [0.2, 0.25) is 6.41 Å². The third-order valence-electron chi connectivity index (χ3n) is 1.56. The molecule has 0 radical (unpaired) electrons. The van der Waals surface area contributed by atoms with E-state index in [1.165, 1.54) is 24.3 Å². The summed E-state index contributed by atoms with van der Waals surface area (Å²) in [5.74, 6) is 0. The number of nitrogens with one attached hydrogen (secondary N) is 1. The molecule has 0 bridgehead atoms. The maximum absolute atomic E-state index is 10.3. The van der Waals surface area contributed by atoms with E-state index in [-0.39, 0.29) is 17.8 Å². The number of nitroso groups, excluding NO2 is 1. The number of nitro benzene ring substituents is 1. The summed E-state index contributed by atoms with van der Waals surface area (Å²) in [4.78, 5) is 30.0. The van der Waals surface area contributed by atoms with E-state index in [0.717, 1.165) is 0 Å². The Bertz CT molecular complexity index is 377. The molecule has 8 heteroatoms. The van der Waals surface area contributed by atoms with Crippen molar-refractivity contribution < 1.29 is 9.72 Å². The minimum absolute atomic E-state index is 0.115. The van der Waals surface area contributed by atoms with E-state index in [1.54, 1.807) is 0 Å². The van der Waals surface area contributed by atoms with E-state index >= 15 is 0 Å². The van der Waals surface area contributed by atoms with Crippen LogP contribution in [0.15, 0.2) is 29.6 Å². The lowest BCUT2D eigenvalue weighted by Crippen LogP contribution is -2.31. The van der Waals surface area contributed by atoms with Gasteiger partial charge in [-0.3, -0.25) is 14.9 Å². The Morgan fingerprint density at radius 2 is 2.00 bits per heavy atom. The highest BCUT2D eigenvalue weighted by Gasteiger charge is 2.08. The van der Waals surface area contributed by atoms with Crippen LogP contribution in [0.2, 0.25) is 0 Å². The van der Waals surface area contributed by atoms with Crippen LogP contribution in [0.4, 0.5) is 11.4 Å². The van der Waals surface area contributed by atoms with Crippen molar-refractivity contribution in [2.45, 2.75) is 0 Å². The molecule has 1 amide bonds. The highest BCUT2D eigenvalue weighted by Crippen LogP contribution is 2.17. The molecule has 8 nitrogen and oxygen atoms in total. The molecule has 1 aromatic rings. The van der Waals surface area contributed by atoms with Crippen LogP contribution >= 0.6 is 0 Å². The highest BCUT2D eigenvalue weighted by molar-refractivity contribution is 5.56. The van der Waals surface area contributed by atoms with Crippen LogP contribution in [0.1, 0.15) is 0 Å². The SMILES string of the molecule is O=CNN(N=O)c1ccc([N+](=O)[O-])cc1. The van der Waals surface area contributed by atoms with Gasteiger partial charge in [0.1, 0.15) is 0 Å². The predicted octanol–water partition coefficient (Wildman–Crippen LogP) is 0.744. The first-order valence-corrected chi connectivity index (χ1v) is 3.76. The lowest BCUT2D eigenvalue weighted by molar-refractivity contribution is -0.384. The maximum atomic E-state index is 10.3. The summed E-state index contributed by atoms with van der Waals surface area (Å²) in [7, 11) is 0. The van der Waals surface area contributed by atoms with Gasteiger partial charge in [-0.25, -0.2) is 5.43 Å². The van der Waals surface area contributed by atoms with Gasteiger partial charge in [-0.1, -0.05) is 0 Å². The lowest BCUT2D eigenvalue weighted by Gasteiger charge is -2.11. The average molecular weight is 210 g/mol. The molecule has 78 valence electrons. The minimum atomic E-state index is -0.574. The predicted molar refractivity (Wildman–Crippen MR) is 50.6 cm³/mol. The zero-order valence-electron chi connectivity index (χ0n) is 7.36. The summed E-state index contributed by atoms with van der Waals surface area (Å²) in [5, 5.41) is 13.5. The van der Waals surface area contributed by atoms with E-state index in [1.807, 2.05) is 5.43 Å². The maximum Gasteiger partial charge on any atom is 0.269 e. The molecule has 0 atom stereocenters. The van der Waals surface area contributed by atoms with Crippen LogP contribution < -0.4 is 10.5 Å². The quantitative estimate of drug-likeness (QED) is 0.334. The largest absolute Gasteiger partial charge is 0.277 e. The number of anilines is 1. The number of nitrogens with zero attached hydrogens (tertiary/aromatic N) is 3. The first-order valence-electron chi connectivity index (χ1n) is 3.76. The third kappa shape index (κ3) is 2.46. The third-order valence-corrected chi connectivity index (χ3v) is 1.56. The molecule has 1 aromatic carbocycles. The van der Waals surface area contributed by atoms with Gasteiger partial charge in [-0.15, -0.1) is 10.0 Å². The Morgan fingerprint density at radius 1 is 1.40 bits per heavy atom. The van der Waals surface area contributed by atoms with E-state index in [2.05, 4.69) is 5.29 Å². The summed E-state index contributed by atoms with van der Waals surface area (Å²) >= 11 is 0. The molecule has 1 N–H and O–H groups in total. The number of carbonyl (C=O) groups excluding carboxylic acids is 1. The second kappa shape index (κ2) is 4.65. The molecule has 0 aromatic heterocycles. The number of hydrogen-bond donors (Lipinski definition) is 1. The second-order valence-electron chi connectivity index (χ2n) is 2.41. The van der Waals surface area contributed by atoms with Crippen LogP contribution in [0, 0.1) is 15.0 Å². The van der Waals surface area contributed by atoms with Gasteiger partial charge in [0, 0.05) is 12.1 Å². The first kappa shape index (κ1) is 10.6. The van der Waals surface area contributed by atoms with Crippen LogP contribution in [0.5, 0.6) is 0 Å². The number of rotatable bonds is 5. The van der Waals surface area contributed by atoms with E-state index in [9.17, 15) is 19.8 Å². The van der Waals surface area contributed by atoms with Crippen molar-refractivity contribution in [3.63, 3.8) is 0 Å². The topological polar surface area (TPSA) is 105 Å². The fourth-order valence-electron chi connectivity index (χ4n) is 0.911. The van der Waals surface area contributed by atoms with Crippen molar-refractivity contribution in [2.24, 2.45) is 5.29 Å². The fourth-order valence-corrected chi connectivity index (χ4v) is 0.911. The smallest absolute Gasteiger partial charge is 0.269 e. The summed E-state index contributed by atoms with van der Waals surface area (Å²) in [6.45, 7) is 0. The zero-order valence-corrected chi connectivity index (χ0v) is 7.36. The fraction of sp³-hybridized carbons (Fsp3) is 0. The molecule has 0 saturated heterocycles. The molecular weight excluding hydrogens is 204 g/mol. The lowest BCUT2D eigenvalue weighted by atomic mass is 10.3. The average Bonchev–Trinajstić information content (AvgIpc) is 2.26. The van der Waals surface area contributed by atoms with Gasteiger partial charge in [-0.05, 0) is 12.1 Å². The van der Waals surface area contributed by atoms with E-state index in [0.29, 0.717) is 5.12 Å². The molecule has 0 spiro atoms. The van der Waals surface area contributed by atoms with Crippen molar-refractivity contribution in [3.8, 4) is 0 Å². The first-order chi connectivity index (χ1) is 7.19. The van der Waals surface area contributed by atoms with Crippen LogP contribution in [0.25, 0.3) is 0 Å². The van der Waals surface area contributed by atoms with Gasteiger partial charge < -0.3 is 0 Å². The van der Waals surface area contributed by atoms with Crippen molar-refractivity contribution in [1.29, 1.82) is 0 Å². The Morgan fingerprint density at radius 3 is 2.40 bits per heavy atom. The molecule has 0 saturated carbocycles. The second-order valence-corrected chi connectivity index (χ2v) is 2.41. The summed E-state index contributed by atoms with van der Waals surface area (Å²) in [5.41, 5.74) is 2.11. The summed E-state index contributed by atoms with van der Waals surface area (Å²) in [6, 6.07) is 4.96. The molecule has 0 unspecified atom stereocenters. The molecule has 0 aliphatic heterocycles. The Kier molecular flexibility index (Phi) is 3.28. The molecule has 0 fully saturated rings. The molecular formula is C7H6N4O4. The van der Waals surface area contributed by atoms with Crippen molar-refractivity contribution >= 4 is 17.8 Å². The van der Waals surface area contributed by atoms with E-state index < -0.39 is 4.92 Å². The highest BCUT2D eigenvalue weighted by atomic mass is 16.6. The Labute approximate surface area is 83.6 Å². The van der Waals surface area contributed by atoms with Crippen molar-refractivity contribution in [1.82, 2.24) is 5.43 Å². The summed E-state index contributed by atoms with van der Waals surface area (Å²) in [6.07, 6.45) is 0.267. The number of benzene rings is 1. The van der Waals surface area contributed by atoms with Gasteiger partial charge in [0.15, 0.2) is 0 Å². The Hall–Kier alpha value is -2.51. The standard InChI is InChI=1S/C7H6N4O4/c12-5-8-10(9-13)6-1-3-7(4-2-6)11(14)15/h1-5H,(H,8,12). The number of carbonyl (C=O) groups is 1. The molecule has 0 aliphatic carbocycles. The van der Waals surface area contributed by atoms with Gasteiger partial charge in [-0.2, -0.15) is 0 Å². The van der Waals surface area contributed by atoms with Crippen LogP contribution in [-0.2, 0) is 4.79 Å². The molecule has 0 heterocycles. The van der Waals surface area contributed by atoms with Crippen molar-refractivity contribution in [3.05, 3.63) is 39.3 Å². The molecule has 15 heavy (non-hydrogen) atoms. The van der Waals surface area contributed by atoms with Crippen LogP contribution in [0.3, 0.4) is 0 Å². The number of amides is 1. The normalized spacial score (nSPS) is 9.07. The molecule has 0 aliphatic rings. The van der Waals surface area contributed by atoms with Crippen molar-refractivity contribution in [2.75, 3.05) is 5.12 Å². The number of hydrogen-bond acceptors (Lipinski definition) is 5. The number of hydrazine groups is 1. The minimum Gasteiger partial charge on any atom is -0.277 e. The van der Waals surface area contributed by atoms with Gasteiger partial charge >= 0.3 is 0 Å². The summed E-state index contributed by atoms with van der Waals surface area (Å²) < 4.78 is 0.